The number of hydrogen-bond donors (Lipinski definition) is 0. The van der Waals surface area contributed by atoms with E-state index in [0.29, 0.717) is 0 Å². The Morgan fingerprint density at radius 2 is 1.15 bits per heavy atom. The minimum absolute atomic E-state index is 1.25. The minimum atomic E-state index is 1.25. The van der Waals surface area contributed by atoms with E-state index in [1.165, 1.54) is 5.69 Å². The van der Waals surface area contributed by atoms with Crippen molar-refractivity contribution in [2.24, 2.45) is 0 Å². The van der Waals surface area contributed by atoms with E-state index < -0.39 is 0 Å². The number of benzene rings is 1. The topological polar surface area (TPSA) is 6.48 Å². The fourth-order valence-electron chi connectivity index (χ4n) is 0.726. The second-order valence-electron chi connectivity index (χ2n) is 3.57. The van der Waals surface area contributed by atoms with Crippen LogP contribution in [0.5, 0.6) is 0 Å². The molecule has 1 rings (SSSR count). The molecule has 0 amide bonds. The van der Waals surface area contributed by atoms with E-state index in [0.717, 1.165) is 0 Å². The third-order valence-electron chi connectivity index (χ3n) is 1.27. The fraction of sp³-hybridized carbons (Fsp3) is 0.455. The third kappa shape index (κ3) is 7.34. The molecule has 0 aliphatic heterocycles. The fourth-order valence-corrected chi connectivity index (χ4v) is 0.726. The highest BCUT2D eigenvalue weighted by Gasteiger charge is 1.87. The number of anilines is 1. The van der Waals surface area contributed by atoms with Crippen LogP contribution in [0.15, 0.2) is 30.3 Å². The first kappa shape index (κ1) is 12.0. The predicted molar refractivity (Wildman–Crippen MR) is 60.4 cm³/mol. The van der Waals surface area contributed by atoms with Crippen molar-refractivity contribution in [2.45, 2.75) is 0 Å². The summed E-state index contributed by atoms with van der Waals surface area (Å²) in [7, 11) is 10.1. The molecule has 0 saturated carbocycles. The summed E-state index contributed by atoms with van der Waals surface area (Å²) in [6.07, 6.45) is 0. The van der Waals surface area contributed by atoms with Crippen molar-refractivity contribution < 1.29 is 0 Å². The Balaban J connectivity index is 0.000000310. The van der Waals surface area contributed by atoms with Gasteiger partial charge in [-0.2, -0.15) is 0 Å². The van der Waals surface area contributed by atoms with Gasteiger partial charge in [-0.3, -0.25) is 0 Å². The van der Waals surface area contributed by atoms with Gasteiger partial charge < -0.3 is 9.80 Å². The van der Waals surface area contributed by atoms with Crippen LogP contribution in [-0.2, 0) is 0 Å². The molecule has 0 N–H and O–H groups in total. The first-order valence-corrected chi connectivity index (χ1v) is 4.37. The van der Waals surface area contributed by atoms with Gasteiger partial charge in [0.05, 0.1) is 0 Å². The van der Waals surface area contributed by atoms with Crippen molar-refractivity contribution in [3.63, 3.8) is 0 Å². The summed E-state index contributed by atoms with van der Waals surface area (Å²) in [5.74, 6) is 0. The first-order chi connectivity index (χ1) is 6.04. The lowest BCUT2D eigenvalue weighted by molar-refractivity contribution is 0.505. The van der Waals surface area contributed by atoms with E-state index in [1.807, 2.05) is 58.3 Å². The van der Waals surface area contributed by atoms with Crippen LogP contribution in [0.1, 0.15) is 0 Å². The van der Waals surface area contributed by atoms with Gasteiger partial charge in [0.25, 0.3) is 0 Å². The van der Waals surface area contributed by atoms with Crippen LogP contribution in [0.3, 0.4) is 0 Å². The zero-order valence-electron chi connectivity index (χ0n) is 9.28. The summed E-state index contributed by atoms with van der Waals surface area (Å²) in [5.41, 5.74) is 1.25. The molecule has 0 fully saturated rings. The molecular weight excluding hydrogens is 160 g/mol. The normalized spacial score (nSPS) is 9.08. The van der Waals surface area contributed by atoms with Crippen molar-refractivity contribution in [2.75, 3.05) is 40.1 Å². The van der Waals surface area contributed by atoms with Crippen LogP contribution in [0, 0.1) is 0 Å². The van der Waals surface area contributed by atoms with E-state index in [-0.39, 0.29) is 0 Å². The van der Waals surface area contributed by atoms with Crippen LogP contribution in [-0.4, -0.2) is 40.1 Å². The molecule has 0 aromatic heterocycles. The first-order valence-electron chi connectivity index (χ1n) is 4.37. The Hall–Kier alpha value is -1.02. The lowest BCUT2D eigenvalue weighted by Crippen LogP contribution is -2.07. The lowest BCUT2D eigenvalue weighted by atomic mass is 10.3. The van der Waals surface area contributed by atoms with Gasteiger partial charge in [0, 0.05) is 19.8 Å². The van der Waals surface area contributed by atoms with E-state index in [2.05, 4.69) is 17.0 Å². The average Bonchev–Trinajstić information content (AvgIpc) is 2.05. The molecule has 0 atom stereocenters. The molecule has 0 unspecified atom stereocenters. The number of para-hydroxylation sites is 1. The molecule has 13 heavy (non-hydrogen) atoms. The number of hydrogen-bond acceptors (Lipinski definition) is 2. The molecule has 0 aliphatic carbocycles. The Labute approximate surface area is 81.8 Å². The van der Waals surface area contributed by atoms with E-state index in [9.17, 15) is 0 Å². The monoisotopic (exact) mass is 180 g/mol. The van der Waals surface area contributed by atoms with Gasteiger partial charge in [0.2, 0.25) is 0 Å². The predicted octanol–water partition coefficient (Wildman–Crippen LogP) is 1.93. The van der Waals surface area contributed by atoms with Gasteiger partial charge in [0.15, 0.2) is 0 Å². The van der Waals surface area contributed by atoms with Gasteiger partial charge in [-0.15, -0.1) is 0 Å². The summed E-state index contributed by atoms with van der Waals surface area (Å²) in [6, 6.07) is 10.3. The minimum Gasteiger partial charge on any atom is -0.378 e. The Morgan fingerprint density at radius 3 is 1.38 bits per heavy atom. The van der Waals surface area contributed by atoms with E-state index in [4.69, 9.17) is 0 Å². The number of rotatable bonds is 1. The second kappa shape index (κ2) is 6.49. The smallest absolute Gasteiger partial charge is 0.0360 e. The summed E-state index contributed by atoms with van der Waals surface area (Å²) in [6.45, 7) is 0. The third-order valence-corrected chi connectivity index (χ3v) is 1.27. The molecule has 0 aliphatic rings. The van der Waals surface area contributed by atoms with Gasteiger partial charge in [-0.05, 0) is 33.3 Å². The highest BCUT2D eigenvalue weighted by molar-refractivity contribution is 5.43. The van der Waals surface area contributed by atoms with Crippen molar-refractivity contribution in [1.29, 1.82) is 0 Å². The van der Waals surface area contributed by atoms with E-state index in [1.54, 1.807) is 0 Å². The molecule has 1 aromatic rings. The zero-order chi connectivity index (χ0) is 10.3. The SMILES string of the molecule is CN(C)C.CN(C)c1ccccc1. The standard InChI is InChI=1S/C8H11N.C3H9N/c1-9(2)8-6-4-3-5-7-8;1-4(2)3/h3-7H,1-2H3;1-3H3. The Kier molecular flexibility index (Phi) is 5.98. The zero-order valence-corrected chi connectivity index (χ0v) is 9.28. The number of nitrogens with zero attached hydrogens (tertiary/aromatic N) is 2. The lowest BCUT2D eigenvalue weighted by Gasteiger charge is -2.10. The van der Waals surface area contributed by atoms with Crippen LogP contribution in [0.4, 0.5) is 5.69 Å². The summed E-state index contributed by atoms with van der Waals surface area (Å²) in [5, 5.41) is 0. The molecule has 74 valence electrons. The van der Waals surface area contributed by atoms with Gasteiger partial charge >= 0.3 is 0 Å². The summed E-state index contributed by atoms with van der Waals surface area (Å²) in [4.78, 5) is 4.08. The molecule has 0 spiro atoms. The van der Waals surface area contributed by atoms with Gasteiger partial charge in [-0.1, -0.05) is 18.2 Å². The molecule has 0 bridgehead atoms. The van der Waals surface area contributed by atoms with E-state index >= 15 is 0 Å². The molecule has 0 saturated heterocycles. The van der Waals surface area contributed by atoms with Gasteiger partial charge in [-0.25, -0.2) is 0 Å². The van der Waals surface area contributed by atoms with Crippen LogP contribution >= 0.6 is 0 Å². The Bertz CT molecular complexity index is 202. The second-order valence-corrected chi connectivity index (χ2v) is 3.57. The summed E-state index contributed by atoms with van der Waals surface area (Å²) >= 11 is 0. The highest BCUT2D eigenvalue weighted by atomic mass is 15.1. The van der Waals surface area contributed by atoms with Crippen LogP contribution in [0.25, 0.3) is 0 Å². The van der Waals surface area contributed by atoms with Crippen molar-refractivity contribution >= 4 is 5.69 Å². The average molecular weight is 180 g/mol. The summed E-state index contributed by atoms with van der Waals surface area (Å²) < 4.78 is 0. The van der Waals surface area contributed by atoms with Crippen molar-refractivity contribution in [3.05, 3.63) is 30.3 Å². The molecule has 2 nitrogen and oxygen atoms in total. The molecular formula is C11H20N2. The maximum Gasteiger partial charge on any atom is 0.0360 e. The maximum absolute atomic E-state index is 2.08. The highest BCUT2D eigenvalue weighted by Crippen LogP contribution is 2.07. The van der Waals surface area contributed by atoms with Gasteiger partial charge in [0.1, 0.15) is 0 Å². The quantitative estimate of drug-likeness (QED) is 0.651. The largest absolute Gasteiger partial charge is 0.378 e. The van der Waals surface area contributed by atoms with Crippen molar-refractivity contribution in [3.8, 4) is 0 Å². The molecule has 0 radical (unpaired) electrons. The molecule has 1 aromatic carbocycles. The maximum atomic E-state index is 2.08. The molecule has 2 heteroatoms. The Morgan fingerprint density at radius 1 is 0.769 bits per heavy atom. The van der Waals surface area contributed by atoms with Crippen LogP contribution in [0.2, 0.25) is 0 Å². The van der Waals surface area contributed by atoms with Crippen molar-refractivity contribution in [1.82, 2.24) is 4.90 Å². The molecule has 0 heterocycles. The van der Waals surface area contributed by atoms with Crippen LogP contribution < -0.4 is 4.90 Å².